The largest absolute Gasteiger partial charge is 0.314 e. The lowest BCUT2D eigenvalue weighted by atomic mass is 10.1. The van der Waals surface area contributed by atoms with E-state index in [1.807, 2.05) is 32.9 Å². The molecule has 1 aromatic carbocycles. The second-order valence-electron chi connectivity index (χ2n) is 5.04. The third kappa shape index (κ3) is 6.24. The topological polar surface area (TPSA) is 58.2 Å². The zero-order valence-electron chi connectivity index (χ0n) is 12.2. The van der Waals surface area contributed by atoms with E-state index in [1.165, 1.54) is 0 Å². The van der Waals surface area contributed by atoms with Crippen LogP contribution in [0.4, 0.5) is 5.69 Å². The minimum absolute atomic E-state index is 0.131. The molecule has 0 atom stereocenters. The molecule has 2 N–H and O–H groups in total. The van der Waals surface area contributed by atoms with Gasteiger partial charge in [-0.2, -0.15) is 0 Å². The van der Waals surface area contributed by atoms with Crippen LogP contribution in [0.5, 0.6) is 0 Å². The molecule has 0 saturated carbocycles. The van der Waals surface area contributed by atoms with Crippen LogP contribution in [0.25, 0.3) is 0 Å². The third-order valence-corrected chi connectivity index (χ3v) is 4.71. The first-order valence-electron chi connectivity index (χ1n) is 6.86. The maximum absolute atomic E-state index is 12.0. The van der Waals surface area contributed by atoms with Gasteiger partial charge in [-0.3, -0.25) is 4.72 Å². The van der Waals surface area contributed by atoms with Crippen LogP contribution in [-0.2, 0) is 16.4 Å². The van der Waals surface area contributed by atoms with Gasteiger partial charge in [0.2, 0.25) is 10.0 Å². The normalized spacial score (nSPS) is 11.8. The first-order chi connectivity index (χ1) is 9.34. The predicted octanol–water partition coefficient (Wildman–Crippen LogP) is 3.14. The first kappa shape index (κ1) is 17.5. The molecule has 0 fully saturated rings. The van der Waals surface area contributed by atoms with Crippen molar-refractivity contribution in [1.82, 2.24) is 5.32 Å². The monoisotopic (exact) mass is 362 g/mol. The molecule has 114 valence electrons. The average molecular weight is 363 g/mol. The molecule has 0 unspecified atom stereocenters. The lowest BCUT2D eigenvalue weighted by Crippen LogP contribution is -2.26. The Morgan fingerprint density at radius 2 is 2.00 bits per heavy atom. The quantitative estimate of drug-likeness (QED) is 0.698. The molecule has 4 nitrogen and oxygen atoms in total. The molecule has 0 amide bonds. The summed E-state index contributed by atoms with van der Waals surface area (Å²) in [5, 5.41) is 3.21. The van der Waals surface area contributed by atoms with Gasteiger partial charge >= 0.3 is 0 Å². The summed E-state index contributed by atoms with van der Waals surface area (Å²) in [6, 6.07) is 5.96. The summed E-state index contributed by atoms with van der Waals surface area (Å²) >= 11 is 3.40. The minimum Gasteiger partial charge on any atom is -0.314 e. The van der Waals surface area contributed by atoms with E-state index >= 15 is 0 Å². The van der Waals surface area contributed by atoms with Crippen LogP contribution in [0.1, 0.15) is 32.8 Å². The fourth-order valence-electron chi connectivity index (χ4n) is 1.83. The molecule has 0 saturated heterocycles. The number of halogens is 1. The summed E-state index contributed by atoms with van der Waals surface area (Å²) in [5.41, 5.74) is 1.66. The molecule has 0 radical (unpaired) electrons. The Kier molecular flexibility index (Phi) is 6.99. The van der Waals surface area contributed by atoms with Gasteiger partial charge in [-0.15, -0.1) is 0 Å². The number of rotatable bonds is 8. The molecule has 1 rings (SSSR count). The highest BCUT2D eigenvalue weighted by Gasteiger charge is 2.12. The van der Waals surface area contributed by atoms with E-state index in [0.29, 0.717) is 24.7 Å². The Bertz CT molecular complexity index is 530. The summed E-state index contributed by atoms with van der Waals surface area (Å²) in [6.45, 7) is 6.80. The van der Waals surface area contributed by atoms with Gasteiger partial charge in [0.05, 0.1) is 11.4 Å². The Balaban J connectivity index is 2.62. The summed E-state index contributed by atoms with van der Waals surface area (Å²) < 4.78 is 27.7. The molecule has 1 aromatic rings. The number of sulfonamides is 1. The molecule has 6 heteroatoms. The van der Waals surface area contributed by atoms with Crippen LogP contribution < -0.4 is 10.0 Å². The average Bonchev–Trinajstić information content (AvgIpc) is 2.36. The first-order valence-corrected chi connectivity index (χ1v) is 9.31. The summed E-state index contributed by atoms with van der Waals surface area (Å²) in [7, 11) is -3.28. The second kappa shape index (κ2) is 8.00. The fourth-order valence-corrected chi connectivity index (χ4v) is 3.39. The highest BCUT2D eigenvalue weighted by atomic mass is 79.9. The van der Waals surface area contributed by atoms with Gasteiger partial charge < -0.3 is 5.32 Å². The van der Waals surface area contributed by atoms with Crippen LogP contribution >= 0.6 is 15.9 Å². The lowest BCUT2D eigenvalue weighted by molar-refractivity contribution is 0.571. The molecule has 0 spiro atoms. The highest BCUT2D eigenvalue weighted by molar-refractivity contribution is 9.10. The molecule has 0 aliphatic carbocycles. The van der Waals surface area contributed by atoms with Crippen molar-refractivity contribution in [3.05, 3.63) is 28.2 Å². The van der Waals surface area contributed by atoms with Crippen molar-refractivity contribution in [3.63, 3.8) is 0 Å². The van der Waals surface area contributed by atoms with Gasteiger partial charge in [0.15, 0.2) is 0 Å². The molecule has 0 heterocycles. The third-order valence-electron chi connectivity index (χ3n) is 2.86. The molecule has 20 heavy (non-hydrogen) atoms. The van der Waals surface area contributed by atoms with E-state index in [1.54, 1.807) is 6.07 Å². The zero-order valence-corrected chi connectivity index (χ0v) is 14.6. The van der Waals surface area contributed by atoms with Gasteiger partial charge in [0.25, 0.3) is 0 Å². The molecule has 0 bridgehead atoms. The Morgan fingerprint density at radius 3 is 2.60 bits per heavy atom. The Morgan fingerprint density at radius 1 is 1.30 bits per heavy atom. The maximum Gasteiger partial charge on any atom is 0.232 e. The number of nitrogens with one attached hydrogen (secondary N) is 2. The van der Waals surface area contributed by atoms with E-state index in [4.69, 9.17) is 0 Å². The fraction of sp³-hybridized carbons (Fsp3) is 0.571. The van der Waals surface area contributed by atoms with Crippen molar-refractivity contribution in [2.45, 2.75) is 39.7 Å². The molecular weight excluding hydrogens is 340 g/mol. The highest BCUT2D eigenvalue weighted by Crippen LogP contribution is 2.22. The summed E-state index contributed by atoms with van der Waals surface area (Å²) in [6.07, 6.45) is 1.39. The van der Waals surface area contributed by atoms with Crippen molar-refractivity contribution in [2.24, 2.45) is 0 Å². The number of hydrogen-bond acceptors (Lipinski definition) is 3. The van der Waals surface area contributed by atoms with Gasteiger partial charge in [0.1, 0.15) is 0 Å². The number of aryl methyl sites for hydroxylation is 1. The van der Waals surface area contributed by atoms with E-state index in [9.17, 15) is 8.42 Å². The van der Waals surface area contributed by atoms with Crippen LogP contribution in [0.3, 0.4) is 0 Å². The van der Waals surface area contributed by atoms with E-state index in [2.05, 4.69) is 26.0 Å². The molecule has 0 aliphatic heterocycles. The number of benzene rings is 1. The second-order valence-corrected chi connectivity index (χ2v) is 7.80. The Labute approximate surface area is 130 Å². The van der Waals surface area contributed by atoms with Gasteiger partial charge in [-0.1, -0.05) is 36.7 Å². The van der Waals surface area contributed by atoms with Crippen molar-refractivity contribution < 1.29 is 8.42 Å². The minimum atomic E-state index is -3.28. The van der Waals surface area contributed by atoms with Crippen LogP contribution in [0.2, 0.25) is 0 Å². The predicted molar refractivity (Wildman–Crippen MR) is 88.7 cm³/mol. The van der Waals surface area contributed by atoms with Crippen LogP contribution in [0, 0.1) is 0 Å². The SMILES string of the molecule is CCc1cc(Br)ccc1NS(=O)(=O)CCCNC(C)C. The van der Waals surface area contributed by atoms with E-state index < -0.39 is 10.0 Å². The van der Waals surface area contributed by atoms with Crippen LogP contribution in [-0.4, -0.2) is 26.8 Å². The molecule has 0 aromatic heterocycles. The van der Waals surface area contributed by atoms with Crippen molar-refractivity contribution >= 4 is 31.6 Å². The Hall–Kier alpha value is -0.590. The van der Waals surface area contributed by atoms with Gasteiger partial charge in [0, 0.05) is 10.5 Å². The van der Waals surface area contributed by atoms with Gasteiger partial charge in [-0.05, 0) is 43.1 Å². The standard InChI is InChI=1S/C14H23BrN2O2S/c1-4-12-10-13(15)6-7-14(12)17-20(18,19)9-5-8-16-11(2)3/h6-7,10-11,16-17H,4-5,8-9H2,1-3H3. The van der Waals surface area contributed by atoms with Crippen molar-refractivity contribution in [2.75, 3.05) is 17.0 Å². The summed E-state index contributed by atoms with van der Waals surface area (Å²) in [5.74, 6) is 0.131. The van der Waals surface area contributed by atoms with Crippen molar-refractivity contribution in [3.8, 4) is 0 Å². The van der Waals surface area contributed by atoms with E-state index in [0.717, 1.165) is 16.5 Å². The maximum atomic E-state index is 12.0. The molecule has 0 aliphatic rings. The number of anilines is 1. The zero-order chi connectivity index (χ0) is 15.2. The van der Waals surface area contributed by atoms with Gasteiger partial charge in [-0.25, -0.2) is 8.42 Å². The molecular formula is C14H23BrN2O2S. The lowest BCUT2D eigenvalue weighted by Gasteiger charge is -2.13. The van der Waals surface area contributed by atoms with Crippen molar-refractivity contribution in [1.29, 1.82) is 0 Å². The summed E-state index contributed by atoms with van der Waals surface area (Å²) in [4.78, 5) is 0. The number of hydrogen-bond donors (Lipinski definition) is 2. The van der Waals surface area contributed by atoms with Crippen LogP contribution in [0.15, 0.2) is 22.7 Å². The van der Waals surface area contributed by atoms with E-state index in [-0.39, 0.29) is 5.75 Å². The smallest absolute Gasteiger partial charge is 0.232 e.